The molecule has 57 heavy (non-hydrogen) atoms. The van der Waals surface area contributed by atoms with Gasteiger partial charge in [0.1, 0.15) is 0 Å². The molecule has 0 rings (SSSR count). The Morgan fingerprint density at radius 2 is 0.175 bits per heavy atom. The van der Waals surface area contributed by atoms with Crippen LogP contribution >= 0.6 is 0 Å². The van der Waals surface area contributed by atoms with Crippen LogP contribution in [-0.4, -0.2) is 236 Å². The minimum absolute atomic E-state index is 0. The molecule has 0 bridgehead atoms. The van der Waals surface area contributed by atoms with Crippen molar-refractivity contribution in [2.45, 2.75) is 0 Å². The number of rotatable bonds is 0. The zero-order chi connectivity index (χ0) is 36.0. The van der Waals surface area contributed by atoms with Crippen molar-refractivity contribution in [3.63, 3.8) is 0 Å². The third-order valence-electron chi connectivity index (χ3n) is 0. The fraction of sp³-hybridized carbons (Fsp3) is 0. The van der Waals surface area contributed by atoms with Crippen LogP contribution < -0.4 is 0 Å². The van der Waals surface area contributed by atoms with Crippen LogP contribution in [0, 0.1) is 0 Å². The van der Waals surface area contributed by atoms with Crippen LogP contribution in [0.2, 0.25) is 0 Å². The summed E-state index contributed by atoms with van der Waals surface area (Å²) >= 11 is 0. The molecule has 0 heterocycles. The molecule has 362 valence electrons. The predicted molar refractivity (Wildman–Crippen MR) is 117 cm³/mol. The van der Waals surface area contributed by atoms with Crippen molar-refractivity contribution in [1.82, 2.24) is 0 Å². The minimum Gasteiger partial charge on any atom is -0.870 e. The molecule has 6 radical (unpaired) electrons. The molecular weight excluding hydrogens is 1340 g/mol. The molecule has 0 fully saturated rings. The van der Waals surface area contributed by atoms with E-state index < -0.39 is 83.2 Å². The Labute approximate surface area is 417 Å². The van der Waals surface area contributed by atoms with Crippen LogP contribution in [0.1, 0.15) is 0 Å². The van der Waals surface area contributed by atoms with E-state index in [1.807, 2.05) is 0 Å². The van der Waals surface area contributed by atoms with Gasteiger partial charge in [0.25, 0.3) is 0 Å². The standard InChI is InChI=1S/3Al.3Cu.3Fe.8H2O4S.8H2O/c;;;;;;;;;8*1-5(2,3)4;;;;;;;;/h;;;;;;;;;8*(H2,1,2,3,4);8*1H2/q3*+3;3*+2;3*+3;;;;;;;;;;;;;;;;/p-24. The Bertz CT molecular complexity index is 1110. The summed E-state index contributed by atoms with van der Waals surface area (Å²) in [7, 11) is -41.3. The molecule has 57 heteroatoms. The summed E-state index contributed by atoms with van der Waals surface area (Å²) in [4.78, 5) is 0. The molecule has 0 aromatic carbocycles. The summed E-state index contributed by atoms with van der Waals surface area (Å²) in [6, 6.07) is 0. The topological polar surface area (TPSA) is 882 Å². The third-order valence-corrected chi connectivity index (χ3v) is 0. The summed E-state index contributed by atoms with van der Waals surface area (Å²) < 4.78 is 273. The molecule has 0 atom stereocenters. The first-order chi connectivity index (χ1) is 16.0. The molecular formula is H8Al3Cu3Fe3O40S8. The normalized spacial score (nSPS) is 8.14. The summed E-state index contributed by atoms with van der Waals surface area (Å²) in [5.41, 5.74) is 0. The van der Waals surface area contributed by atoms with Crippen molar-refractivity contribution in [3.05, 3.63) is 0 Å². The molecule has 0 spiro atoms. The molecule has 0 aromatic rings. The third kappa shape index (κ3) is 17400. The maximum Gasteiger partial charge on any atom is 3.00 e. The summed E-state index contributed by atoms with van der Waals surface area (Å²) in [6.45, 7) is 0. The maximum absolute atomic E-state index is 8.52. The Morgan fingerprint density at radius 3 is 0.175 bits per heavy atom. The van der Waals surface area contributed by atoms with Gasteiger partial charge in [-0.15, -0.1) is 0 Å². The molecule has 0 saturated carbocycles. The van der Waals surface area contributed by atoms with Gasteiger partial charge in [-0.05, 0) is 0 Å². The molecule has 8 N–H and O–H groups in total. The largest absolute Gasteiger partial charge is 3.00 e. The SMILES string of the molecule is O=S(=O)([O-])[O-].O=S(=O)([O-])[O-].O=S(=O)([O-])[O-].O=S(=O)([O-])[O-].O=S(=O)([O-])[O-].O=S(=O)([O-])[O-].O=S(=O)([O-])[O-].O=S(=O)([O-])[O-].[Al+3].[Al+3].[Al+3].[Cu+2].[Cu+2].[Cu+2].[Fe+3].[Fe+3].[Fe+3].[OH-].[OH-].[OH-].[OH-].[OH-].[OH-].[OH-].[OH-]. The first kappa shape index (κ1) is 170. The van der Waals surface area contributed by atoms with Crippen molar-refractivity contribution >= 4 is 135 Å². The van der Waals surface area contributed by atoms with E-state index in [9.17, 15) is 0 Å². The number of hydrogen-bond acceptors (Lipinski definition) is 40. The Morgan fingerprint density at radius 1 is 0.175 bits per heavy atom. The summed E-state index contributed by atoms with van der Waals surface area (Å²) in [5.74, 6) is 0. The van der Waals surface area contributed by atoms with Crippen LogP contribution in [0.3, 0.4) is 0 Å². The van der Waals surface area contributed by atoms with Crippen molar-refractivity contribution < 1.29 is 286 Å². The summed E-state index contributed by atoms with van der Waals surface area (Å²) in [5, 5.41) is 0. The quantitative estimate of drug-likeness (QED) is 0.123. The van der Waals surface area contributed by atoms with E-state index in [1.54, 1.807) is 0 Å². The molecule has 0 aliphatic rings. The van der Waals surface area contributed by atoms with Gasteiger partial charge in [-0.3, -0.25) is 67.3 Å². The van der Waals surface area contributed by atoms with Crippen molar-refractivity contribution in [3.8, 4) is 0 Å². The van der Waals surface area contributed by atoms with Crippen molar-refractivity contribution in [1.29, 1.82) is 0 Å². The van der Waals surface area contributed by atoms with Gasteiger partial charge in [0.05, 0.1) is 0 Å². The Hall–Kier alpha value is 3.35. The van der Waals surface area contributed by atoms with E-state index in [0.717, 1.165) is 0 Å². The van der Waals surface area contributed by atoms with Gasteiger partial charge >= 0.3 is 154 Å². The second-order valence-electron chi connectivity index (χ2n) is 3.27. The van der Waals surface area contributed by atoms with Gasteiger partial charge in [-0.25, -0.2) is 0 Å². The first-order valence-corrected chi connectivity index (χ1v) is 16.0. The zero-order valence-corrected chi connectivity index (χ0v) is 39.7. The summed E-state index contributed by atoms with van der Waals surface area (Å²) in [6.07, 6.45) is 0. The van der Waals surface area contributed by atoms with Gasteiger partial charge in [0, 0.05) is 83.2 Å². The monoisotopic (exact) mass is 1340 g/mol. The van der Waals surface area contributed by atoms with Crippen LogP contribution in [0.25, 0.3) is 0 Å². The van der Waals surface area contributed by atoms with Gasteiger partial charge < -0.3 is 117 Å². The Balaban J connectivity index is -0.00000000856. The zero-order valence-electron chi connectivity index (χ0n) is 23.6. The molecule has 0 saturated heterocycles. The molecule has 0 amide bonds. The molecule has 0 unspecified atom stereocenters. The Kier molecular flexibility index (Phi) is 229. The molecule has 0 aromatic heterocycles. The fourth-order valence-corrected chi connectivity index (χ4v) is 0. The van der Waals surface area contributed by atoms with E-state index >= 15 is 0 Å². The molecule has 0 aliphatic carbocycles. The van der Waals surface area contributed by atoms with Crippen molar-refractivity contribution in [2.24, 2.45) is 0 Å². The van der Waals surface area contributed by atoms with Crippen LogP contribution in [0.15, 0.2) is 0 Å². The maximum atomic E-state index is 8.52. The van der Waals surface area contributed by atoms with Crippen LogP contribution in [-0.2, 0) is 186 Å². The second kappa shape index (κ2) is 76.6. The average molecular weight is 1340 g/mol. The second-order valence-corrected chi connectivity index (χ2v) is 9.80. The average Bonchev–Trinajstić information content (AvgIpc) is 2.16. The van der Waals surface area contributed by atoms with Gasteiger partial charge in [0.2, 0.25) is 0 Å². The smallest absolute Gasteiger partial charge is 0.870 e. The van der Waals surface area contributed by atoms with Gasteiger partial charge in [-0.1, -0.05) is 0 Å². The predicted octanol–water partition coefficient (Wildman–Crippen LogP) is -13.3. The fourth-order valence-electron chi connectivity index (χ4n) is 0. The first-order valence-electron chi connectivity index (χ1n) is 5.33. The number of hydrogen-bond donors (Lipinski definition) is 0. The van der Waals surface area contributed by atoms with Crippen LogP contribution in [0.4, 0.5) is 0 Å². The van der Waals surface area contributed by atoms with E-state index in [1.165, 1.54) is 0 Å². The van der Waals surface area contributed by atoms with E-state index in [2.05, 4.69) is 0 Å². The van der Waals surface area contributed by atoms with E-state index in [0.29, 0.717) is 0 Å². The van der Waals surface area contributed by atoms with E-state index in [-0.39, 0.29) is 198 Å². The van der Waals surface area contributed by atoms with Crippen molar-refractivity contribution in [2.75, 3.05) is 0 Å². The van der Waals surface area contributed by atoms with Gasteiger partial charge in [-0.2, -0.15) is 0 Å². The molecule has 0 aliphatic heterocycles. The minimum atomic E-state index is -5.17. The van der Waals surface area contributed by atoms with Gasteiger partial charge in [0.15, 0.2) is 0 Å². The molecule has 40 nitrogen and oxygen atoms in total. The van der Waals surface area contributed by atoms with E-state index in [4.69, 9.17) is 140 Å². The van der Waals surface area contributed by atoms with Crippen LogP contribution in [0.5, 0.6) is 0 Å².